The molecule has 2 heterocycles. The molecular weight excluding hydrogens is 393 g/mol. The van der Waals surface area contributed by atoms with Gasteiger partial charge in [-0.1, -0.05) is 30.3 Å². The summed E-state index contributed by atoms with van der Waals surface area (Å²) in [4.78, 5) is 32.2. The minimum absolute atomic E-state index is 0.123. The van der Waals surface area contributed by atoms with Gasteiger partial charge in [0.25, 0.3) is 5.91 Å². The number of carbonyl (C=O) groups excluding carboxylic acids is 2. The molecule has 5 nitrogen and oxygen atoms in total. The molecule has 1 atom stereocenters. The van der Waals surface area contributed by atoms with Gasteiger partial charge in [-0.05, 0) is 49.1 Å². The first-order valence-electron chi connectivity index (χ1n) is 11.2. The predicted molar refractivity (Wildman–Crippen MR) is 118 cm³/mol. The smallest absolute Gasteiger partial charge is 0.253 e. The Balaban J connectivity index is 1.33. The molecule has 0 aromatic heterocycles. The lowest BCUT2D eigenvalue weighted by Gasteiger charge is -2.35. The number of likely N-dealkylation sites (tertiary alicyclic amines) is 1. The molecular formula is C25H30FN3O2. The van der Waals surface area contributed by atoms with Crippen LogP contribution >= 0.6 is 0 Å². The molecule has 1 unspecified atom stereocenters. The second kappa shape index (κ2) is 10.1. The number of hydrogen-bond donors (Lipinski definition) is 0. The summed E-state index contributed by atoms with van der Waals surface area (Å²) in [5, 5.41) is 0. The summed E-state index contributed by atoms with van der Waals surface area (Å²) in [6.07, 6.45) is 2.59. The van der Waals surface area contributed by atoms with E-state index in [1.807, 2.05) is 11.0 Å². The molecule has 164 valence electrons. The van der Waals surface area contributed by atoms with Crippen LogP contribution in [0.15, 0.2) is 54.6 Å². The Kier molecular flexibility index (Phi) is 6.97. The topological polar surface area (TPSA) is 43.9 Å². The predicted octanol–water partition coefficient (Wildman–Crippen LogP) is 3.41. The van der Waals surface area contributed by atoms with Crippen LogP contribution in [-0.2, 0) is 11.3 Å². The average molecular weight is 424 g/mol. The molecule has 2 aromatic carbocycles. The number of hydrogen-bond acceptors (Lipinski definition) is 3. The van der Waals surface area contributed by atoms with Crippen molar-refractivity contribution in [3.05, 3.63) is 71.5 Å². The van der Waals surface area contributed by atoms with E-state index < -0.39 is 0 Å². The fourth-order valence-electron chi connectivity index (χ4n) is 4.59. The van der Waals surface area contributed by atoms with Gasteiger partial charge in [0, 0.05) is 51.4 Å². The number of piperidine rings is 1. The van der Waals surface area contributed by atoms with E-state index >= 15 is 0 Å². The largest absolute Gasteiger partial charge is 0.341 e. The molecule has 2 saturated heterocycles. The van der Waals surface area contributed by atoms with Gasteiger partial charge in [-0.25, -0.2) is 4.39 Å². The van der Waals surface area contributed by atoms with Crippen LogP contribution in [0.4, 0.5) is 4.39 Å². The maximum absolute atomic E-state index is 13.2. The minimum atomic E-state index is -0.356. The van der Waals surface area contributed by atoms with Crippen LogP contribution < -0.4 is 0 Å². The van der Waals surface area contributed by atoms with Gasteiger partial charge in [-0.2, -0.15) is 0 Å². The zero-order valence-corrected chi connectivity index (χ0v) is 17.9. The monoisotopic (exact) mass is 423 g/mol. The Morgan fingerprint density at radius 2 is 1.58 bits per heavy atom. The highest BCUT2D eigenvalue weighted by Crippen LogP contribution is 2.22. The molecule has 2 amide bonds. The summed E-state index contributed by atoms with van der Waals surface area (Å²) in [5.74, 6) is -0.467. The number of amides is 2. The van der Waals surface area contributed by atoms with Gasteiger partial charge < -0.3 is 9.80 Å². The van der Waals surface area contributed by atoms with E-state index in [1.54, 1.807) is 4.90 Å². The van der Waals surface area contributed by atoms with E-state index in [2.05, 4.69) is 29.2 Å². The van der Waals surface area contributed by atoms with Gasteiger partial charge in [-0.3, -0.25) is 14.5 Å². The third kappa shape index (κ3) is 5.50. The maximum atomic E-state index is 13.2. The summed E-state index contributed by atoms with van der Waals surface area (Å²) >= 11 is 0. The molecule has 0 aliphatic carbocycles. The third-order valence-electron chi connectivity index (χ3n) is 6.30. The first kappa shape index (κ1) is 21.5. The van der Waals surface area contributed by atoms with E-state index in [1.165, 1.54) is 29.8 Å². The highest BCUT2D eigenvalue weighted by Gasteiger charge is 2.32. The molecule has 0 spiro atoms. The number of benzene rings is 2. The Labute approximate surface area is 183 Å². The molecule has 0 radical (unpaired) electrons. The van der Waals surface area contributed by atoms with Crippen molar-refractivity contribution in [3.63, 3.8) is 0 Å². The Morgan fingerprint density at radius 3 is 2.35 bits per heavy atom. The Hall–Kier alpha value is -2.73. The molecule has 6 heteroatoms. The maximum Gasteiger partial charge on any atom is 0.253 e. The number of carbonyl (C=O) groups is 2. The molecule has 0 bridgehead atoms. The van der Waals surface area contributed by atoms with Gasteiger partial charge in [0.2, 0.25) is 5.91 Å². The van der Waals surface area contributed by atoms with Crippen molar-refractivity contribution in [2.45, 2.75) is 25.8 Å². The Bertz CT molecular complexity index is 887. The van der Waals surface area contributed by atoms with Gasteiger partial charge >= 0.3 is 0 Å². The summed E-state index contributed by atoms with van der Waals surface area (Å²) in [6, 6.07) is 16.1. The minimum Gasteiger partial charge on any atom is -0.341 e. The lowest BCUT2D eigenvalue weighted by atomic mass is 9.95. The van der Waals surface area contributed by atoms with E-state index in [0.29, 0.717) is 18.7 Å². The highest BCUT2D eigenvalue weighted by atomic mass is 19.1. The van der Waals surface area contributed by atoms with Gasteiger partial charge in [-0.15, -0.1) is 0 Å². The van der Waals surface area contributed by atoms with Crippen molar-refractivity contribution in [2.75, 3.05) is 39.3 Å². The normalized spacial score (nSPS) is 20.4. The van der Waals surface area contributed by atoms with E-state index in [9.17, 15) is 14.0 Å². The molecule has 0 saturated carbocycles. The van der Waals surface area contributed by atoms with Crippen molar-refractivity contribution in [2.24, 2.45) is 5.92 Å². The van der Waals surface area contributed by atoms with Crippen molar-refractivity contribution >= 4 is 11.8 Å². The van der Waals surface area contributed by atoms with Crippen molar-refractivity contribution in [3.8, 4) is 0 Å². The van der Waals surface area contributed by atoms with Crippen LogP contribution in [0.1, 0.15) is 35.2 Å². The summed E-state index contributed by atoms with van der Waals surface area (Å²) in [6.45, 7) is 5.35. The van der Waals surface area contributed by atoms with Gasteiger partial charge in [0.1, 0.15) is 5.82 Å². The lowest BCUT2D eigenvalue weighted by molar-refractivity contribution is -0.136. The van der Waals surface area contributed by atoms with E-state index in [0.717, 1.165) is 52.0 Å². The van der Waals surface area contributed by atoms with Crippen molar-refractivity contribution in [1.82, 2.24) is 14.7 Å². The van der Waals surface area contributed by atoms with Crippen LogP contribution in [-0.4, -0.2) is 65.8 Å². The second-order valence-corrected chi connectivity index (χ2v) is 8.54. The van der Waals surface area contributed by atoms with Crippen LogP contribution in [0.3, 0.4) is 0 Å². The zero-order chi connectivity index (χ0) is 21.6. The van der Waals surface area contributed by atoms with Crippen LogP contribution in [0.25, 0.3) is 0 Å². The van der Waals surface area contributed by atoms with Gasteiger partial charge in [0.05, 0.1) is 5.92 Å². The lowest BCUT2D eigenvalue weighted by Crippen LogP contribution is -2.47. The molecule has 2 fully saturated rings. The Morgan fingerprint density at radius 1 is 0.839 bits per heavy atom. The SMILES string of the molecule is O=C(c1ccc(F)cc1)N1CCCC(C(=O)N2CCCN(Cc3ccccc3)CC2)C1. The number of nitrogens with zero attached hydrogens (tertiary/aromatic N) is 3. The van der Waals surface area contributed by atoms with Crippen LogP contribution in [0.2, 0.25) is 0 Å². The summed E-state index contributed by atoms with van der Waals surface area (Å²) < 4.78 is 13.2. The van der Waals surface area contributed by atoms with Gasteiger partial charge in [0.15, 0.2) is 0 Å². The molecule has 2 aliphatic heterocycles. The van der Waals surface area contributed by atoms with Crippen LogP contribution in [0.5, 0.6) is 0 Å². The molecule has 4 rings (SSSR count). The molecule has 0 N–H and O–H groups in total. The van der Waals surface area contributed by atoms with Crippen molar-refractivity contribution in [1.29, 1.82) is 0 Å². The molecule has 2 aliphatic rings. The first-order chi connectivity index (χ1) is 15.1. The standard InChI is InChI=1S/C25H30FN3O2/c26-23-11-9-21(10-12-23)24(30)29-14-4-8-22(19-29)25(31)28-15-5-13-27(16-17-28)18-20-6-2-1-3-7-20/h1-3,6-7,9-12,22H,4-5,8,13-19H2. The zero-order valence-electron chi connectivity index (χ0n) is 17.9. The first-order valence-corrected chi connectivity index (χ1v) is 11.2. The summed E-state index contributed by atoms with van der Waals surface area (Å²) in [5.41, 5.74) is 1.77. The highest BCUT2D eigenvalue weighted by molar-refractivity contribution is 5.94. The van der Waals surface area contributed by atoms with E-state index in [4.69, 9.17) is 0 Å². The number of halogens is 1. The van der Waals surface area contributed by atoms with Crippen LogP contribution in [0, 0.1) is 11.7 Å². The average Bonchev–Trinajstić information content (AvgIpc) is 3.05. The summed E-state index contributed by atoms with van der Waals surface area (Å²) in [7, 11) is 0. The third-order valence-corrected chi connectivity index (χ3v) is 6.30. The number of rotatable bonds is 4. The fourth-order valence-corrected chi connectivity index (χ4v) is 4.59. The quantitative estimate of drug-likeness (QED) is 0.757. The second-order valence-electron chi connectivity index (χ2n) is 8.54. The molecule has 31 heavy (non-hydrogen) atoms. The van der Waals surface area contributed by atoms with Crippen molar-refractivity contribution < 1.29 is 14.0 Å². The van der Waals surface area contributed by atoms with E-state index in [-0.39, 0.29) is 23.5 Å². The molecule has 2 aromatic rings. The fraction of sp³-hybridized carbons (Fsp3) is 0.440.